The molecule has 1 aromatic rings. The zero-order valence-corrected chi connectivity index (χ0v) is 8.65. The zero-order chi connectivity index (χ0) is 11.9. The van der Waals surface area contributed by atoms with Crippen molar-refractivity contribution in [3.63, 3.8) is 0 Å². The number of Topliss-reactive ketones (excluding diaryl/α,β-unsaturated/α-hetero) is 1. The van der Waals surface area contributed by atoms with Crippen molar-refractivity contribution >= 4 is 18.3 Å². The van der Waals surface area contributed by atoms with Gasteiger partial charge < -0.3 is 5.11 Å². The third-order valence-corrected chi connectivity index (χ3v) is 2.56. The minimum atomic E-state index is -1.26. The van der Waals surface area contributed by atoms with E-state index in [4.69, 9.17) is 5.11 Å². The predicted molar refractivity (Wildman–Crippen MR) is 57.5 cm³/mol. The highest BCUT2D eigenvalue weighted by atomic mass is 16.4. The first kappa shape index (κ1) is 10.3. The zero-order valence-electron chi connectivity index (χ0n) is 8.65. The second kappa shape index (κ2) is 3.41. The van der Waals surface area contributed by atoms with Crippen molar-refractivity contribution in [2.45, 2.75) is 6.92 Å². The second-order valence-corrected chi connectivity index (χ2v) is 3.56. The number of carboxylic acids is 1. The summed E-state index contributed by atoms with van der Waals surface area (Å²) in [6, 6.07) is 3.32. The number of rotatable bonds is 1. The van der Waals surface area contributed by atoms with Gasteiger partial charge in [-0.3, -0.25) is 9.79 Å². The van der Waals surface area contributed by atoms with Crippen LogP contribution in [0.15, 0.2) is 28.9 Å². The van der Waals surface area contributed by atoms with Crippen LogP contribution in [-0.2, 0) is 4.79 Å². The number of nitrogens with zero attached hydrogens (tertiary/aromatic N) is 1. The molecule has 1 N–H and O–H groups in total. The van der Waals surface area contributed by atoms with E-state index < -0.39 is 11.8 Å². The molecule has 1 aromatic carbocycles. The van der Waals surface area contributed by atoms with E-state index in [-0.39, 0.29) is 5.57 Å². The van der Waals surface area contributed by atoms with Crippen LogP contribution in [0.1, 0.15) is 15.9 Å². The summed E-state index contributed by atoms with van der Waals surface area (Å²) in [7, 11) is 0. The summed E-state index contributed by atoms with van der Waals surface area (Å²) < 4.78 is 0. The molecule has 0 saturated heterocycles. The maximum absolute atomic E-state index is 11.8. The molecule has 80 valence electrons. The van der Waals surface area contributed by atoms with Crippen LogP contribution in [0.2, 0.25) is 0 Å². The lowest BCUT2D eigenvalue weighted by atomic mass is 9.99. The Morgan fingerprint density at radius 1 is 1.44 bits per heavy atom. The molecule has 0 saturated carbocycles. The summed E-state index contributed by atoms with van der Waals surface area (Å²) in [5, 5.41) is 9.92. The Bertz CT molecular complexity index is 641. The molecule has 4 nitrogen and oxygen atoms in total. The van der Waals surface area contributed by atoms with E-state index in [1.165, 1.54) is 0 Å². The number of benzene rings is 1. The topological polar surface area (TPSA) is 66.7 Å². The fourth-order valence-corrected chi connectivity index (χ4v) is 1.55. The summed E-state index contributed by atoms with van der Waals surface area (Å²) in [5.41, 5.74) is 0.911. The van der Waals surface area contributed by atoms with Crippen LogP contribution in [0.5, 0.6) is 0 Å². The van der Waals surface area contributed by atoms with Gasteiger partial charge in [-0.25, -0.2) is 4.79 Å². The molecule has 1 heterocycles. The minimum absolute atomic E-state index is 0.301. The Labute approximate surface area is 91.2 Å². The van der Waals surface area contributed by atoms with Crippen LogP contribution in [0.3, 0.4) is 0 Å². The molecule has 0 bridgehead atoms. The fourth-order valence-electron chi connectivity index (χ4n) is 1.55. The lowest BCUT2D eigenvalue weighted by Gasteiger charge is -2.07. The lowest BCUT2D eigenvalue weighted by Crippen LogP contribution is -2.35. The van der Waals surface area contributed by atoms with Crippen LogP contribution < -0.4 is 10.6 Å². The highest BCUT2D eigenvalue weighted by molar-refractivity contribution is 6.24. The van der Waals surface area contributed by atoms with Crippen LogP contribution in [0.4, 0.5) is 0 Å². The van der Waals surface area contributed by atoms with E-state index in [0.29, 0.717) is 16.1 Å². The molecule has 0 amide bonds. The van der Waals surface area contributed by atoms with E-state index in [1.54, 1.807) is 12.1 Å². The van der Waals surface area contributed by atoms with E-state index in [9.17, 15) is 9.59 Å². The molecular weight excluding hydrogens is 206 g/mol. The Morgan fingerprint density at radius 3 is 2.75 bits per heavy atom. The van der Waals surface area contributed by atoms with Gasteiger partial charge in [0.05, 0.1) is 5.36 Å². The molecule has 0 aliphatic carbocycles. The monoisotopic (exact) mass is 215 g/mol. The molecule has 0 fully saturated rings. The molecular formula is C12H9NO3. The molecule has 1 aliphatic rings. The Balaban J connectivity index is 2.80. The van der Waals surface area contributed by atoms with E-state index in [1.807, 2.05) is 6.92 Å². The SMILES string of the molecule is C=c1c(C)ccc2c1=NC=C(C(=O)O)C2=O. The summed E-state index contributed by atoms with van der Waals surface area (Å²) >= 11 is 0. The first-order valence-corrected chi connectivity index (χ1v) is 4.67. The number of aryl methyl sites for hydroxylation is 1. The highest BCUT2D eigenvalue weighted by Gasteiger charge is 2.23. The summed E-state index contributed by atoms with van der Waals surface area (Å²) in [6.45, 7) is 5.68. The van der Waals surface area contributed by atoms with Crippen molar-refractivity contribution in [2.24, 2.45) is 4.99 Å². The molecule has 0 atom stereocenters. The average molecular weight is 215 g/mol. The second-order valence-electron chi connectivity index (χ2n) is 3.56. The van der Waals surface area contributed by atoms with Crippen LogP contribution >= 0.6 is 0 Å². The van der Waals surface area contributed by atoms with Gasteiger partial charge in [0, 0.05) is 11.8 Å². The van der Waals surface area contributed by atoms with E-state index in [0.717, 1.165) is 11.8 Å². The molecule has 16 heavy (non-hydrogen) atoms. The first-order valence-electron chi connectivity index (χ1n) is 4.67. The van der Waals surface area contributed by atoms with Crippen molar-refractivity contribution in [2.75, 3.05) is 0 Å². The molecule has 0 spiro atoms. The summed E-state index contributed by atoms with van der Waals surface area (Å²) in [4.78, 5) is 26.5. The third kappa shape index (κ3) is 1.35. The number of ketones is 1. The smallest absolute Gasteiger partial charge is 0.341 e. The van der Waals surface area contributed by atoms with Gasteiger partial charge in [-0.15, -0.1) is 0 Å². The van der Waals surface area contributed by atoms with Gasteiger partial charge in [-0.2, -0.15) is 0 Å². The van der Waals surface area contributed by atoms with Gasteiger partial charge in [0.2, 0.25) is 5.78 Å². The van der Waals surface area contributed by atoms with Gasteiger partial charge in [-0.05, 0) is 23.8 Å². The normalized spacial score (nSPS) is 13.8. The Morgan fingerprint density at radius 2 is 2.12 bits per heavy atom. The maximum Gasteiger partial charge on any atom is 0.341 e. The Hall–Kier alpha value is -2.23. The van der Waals surface area contributed by atoms with Gasteiger partial charge in [0.25, 0.3) is 0 Å². The number of carbonyl (C=O) groups is 2. The molecule has 4 heteroatoms. The van der Waals surface area contributed by atoms with Crippen LogP contribution in [0.25, 0.3) is 6.58 Å². The van der Waals surface area contributed by atoms with Crippen LogP contribution in [0, 0.1) is 6.92 Å². The third-order valence-electron chi connectivity index (χ3n) is 2.56. The molecule has 0 aromatic heterocycles. The van der Waals surface area contributed by atoms with Crippen molar-refractivity contribution in [3.8, 4) is 0 Å². The van der Waals surface area contributed by atoms with Crippen molar-refractivity contribution in [3.05, 3.63) is 45.6 Å². The number of hydrogen-bond donors (Lipinski definition) is 1. The minimum Gasteiger partial charge on any atom is -0.477 e. The van der Waals surface area contributed by atoms with Crippen LogP contribution in [-0.4, -0.2) is 16.9 Å². The molecule has 2 rings (SSSR count). The largest absolute Gasteiger partial charge is 0.477 e. The molecule has 1 aliphatic heterocycles. The van der Waals surface area contributed by atoms with E-state index in [2.05, 4.69) is 11.6 Å². The van der Waals surface area contributed by atoms with Gasteiger partial charge in [0.1, 0.15) is 5.57 Å². The number of carbonyl (C=O) groups excluding carboxylic acids is 1. The quantitative estimate of drug-likeness (QED) is 0.680. The first-order chi connectivity index (χ1) is 7.52. The highest BCUT2D eigenvalue weighted by Crippen LogP contribution is 2.08. The number of carboxylic acid groups (broad SMARTS) is 1. The molecule has 0 radical (unpaired) electrons. The lowest BCUT2D eigenvalue weighted by molar-refractivity contribution is -0.132. The standard InChI is InChI=1S/C12H9NO3/c1-6-3-4-8-10(7(6)2)13-5-9(11(8)14)12(15)16/h3-5H,2H2,1H3,(H,15,16). The van der Waals surface area contributed by atoms with Gasteiger partial charge >= 0.3 is 5.97 Å². The average Bonchev–Trinajstić information content (AvgIpc) is 2.23. The number of fused-ring (bicyclic) bond motifs is 1. The van der Waals surface area contributed by atoms with Gasteiger partial charge in [-0.1, -0.05) is 12.6 Å². The fraction of sp³-hybridized carbons (Fsp3) is 0.0833. The maximum atomic E-state index is 11.8. The van der Waals surface area contributed by atoms with Crippen molar-refractivity contribution in [1.82, 2.24) is 0 Å². The van der Waals surface area contributed by atoms with Crippen molar-refractivity contribution in [1.29, 1.82) is 0 Å². The van der Waals surface area contributed by atoms with E-state index >= 15 is 0 Å². The number of hydrogen-bond acceptors (Lipinski definition) is 3. The molecule has 0 unspecified atom stereocenters. The Kier molecular flexibility index (Phi) is 2.20. The predicted octanol–water partition coefficient (Wildman–Crippen LogP) is 0.190. The summed E-state index contributed by atoms with van der Waals surface area (Å²) in [6.07, 6.45) is 1.08. The number of aliphatic carboxylic acids is 1. The summed E-state index contributed by atoms with van der Waals surface area (Å²) in [5.74, 6) is -1.77. The van der Waals surface area contributed by atoms with Gasteiger partial charge in [0.15, 0.2) is 0 Å². The van der Waals surface area contributed by atoms with Crippen molar-refractivity contribution < 1.29 is 14.7 Å².